The highest BCUT2D eigenvalue weighted by molar-refractivity contribution is 5.93. The molecular formula is C22H27FN2O. The maximum absolute atomic E-state index is 13.9. The number of halogens is 1. The summed E-state index contributed by atoms with van der Waals surface area (Å²) in [5.41, 5.74) is 2.75. The molecular weight excluding hydrogens is 327 g/mol. The number of amides is 1. The molecule has 2 aromatic carbocycles. The van der Waals surface area contributed by atoms with Crippen molar-refractivity contribution < 1.29 is 9.18 Å². The minimum atomic E-state index is -0.176. The van der Waals surface area contributed by atoms with Gasteiger partial charge >= 0.3 is 0 Å². The Bertz CT molecular complexity index is 759. The largest absolute Gasteiger partial charge is 0.326 e. The van der Waals surface area contributed by atoms with E-state index < -0.39 is 0 Å². The summed E-state index contributed by atoms with van der Waals surface area (Å²) in [5.74, 6) is 0.187. The first kappa shape index (κ1) is 18.6. The van der Waals surface area contributed by atoms with Gasteiger partial charge < -0.3 is 5.32 Å². The first-order chi connectivity index (χ1) is 12.5. The van der Waals surface area contributed by atoms with Gasteiger partial charge in [-0.05, 0) is 43.0 Å². The van der Waals surface area contributed by atoms with Crippen molar-refractivity contribution in [3.05, 3.63) is 65.5 Å². The number of benzene rings is 2. The van der Waals surface area contributed by atoms with Crippen LogP contribution in [-0.2, 0) is 11.3 Å². The topological polar surface area (TPSA) is 32.3 Å². The van der Waals surface area contributed by atoms with E-state index in [1.165, 1.54) is 6.07 Å². The molecule has 1 aliphatic rings. The van der Waals surface area contributed by atoms with E-state index in [1.807, 2.05) is 30.3 Å². The summed E-state index contributed by atoms with van der Waals surface area (Å²) in [7, 11) is 0. The fraction of sp³-hybridized carbons (Fsp3) is 0.409. The first-order valence-electron chi connectivity index (χ1n) is 9.40. The number of nitrogens with one attached hydrogen (secondary N) is 1. The van der Waals surface area contributed by atoms with Crippen molar-refractivity contribution in [3.8, 4) is 0 Å². The van der Waals surface area contributed by atoms with Crippen molar-refractivity contribution in [2.75, 3.05) is 18.4 Å². The predicted octanol–water partition coefficient (Wildman–Crippen LogP) is 4.80. The van der Waals surface area contributed by atoms with E-state index >= 15 is 0 Å². The fourth-order valence-corrected chi connectivity index (χ4v) is 3.63. The van der Waals surface area contributed by atoms with Crippen molar-refractivity contribution in [1.82, 2.24) is 4.90 Å². The standard InChI is InChI=1S/C22H27FN2O/c1-16(2)19-10-4-6-12-21(19)24-22(26)18-9-7-13-25(15-18)14-17-8-3-5-11-20(17)23/h3-6,8,10-12,16,18H,7,9,13-15H2,1-2H3,(H,24,26). The Hall–Kier alpha value is -2.20. The molecule has 0 bridgehead atoms. The maximum atomic E-state index is 13.9. The second-order valence-electron chi connectivity index (χ2n) is 7.40. The zero-order valence-electron chi connectivity index (χ0n) is 15.5. The van der Waals surface area contributed by atoms with Crippen molar-refractivity contribution in [1.29, 1.82) is 0 Å². The van der Waals surface area contributed by atoms with Crippen molar-refractivity contribution in [2.24, 2.45) is 5.92 Å². The number of nitrogens with zero attached hydrogens (tertiary/aromatic N) is 1. The van der Waals surface area contributed by atoms with E-state index in [0.29, 0.717) is 24.6 Å². The molecule has 3 rings (SSSR count). The average molecular weight is 354 g/mol. The number of carbonyl (C=O) groups excluding carboxylic acids is 1. The molecule has 1 saturated heterocycles. The summed E-state index contributed by atoms with van der Waals surface area (Å²) in [6.45, 7) is 6.38. The molecule has 1 unspecified atom stereocenters. The second kappa shape index (κ2) is 8.45. The number of para-hydroxylation sites is 1. The lowest BCUT2D eigenvalue weighted by molar-refractivity contribution is -0.121. The summed E-state index contributed by atoms with van der Waals surface area (Å²) < 4.78 is 13.9. The van der Waals surface area contributed by atoms with Crippen LogP contribution in [-0.4, -0.2) is 23.9 Å². The van der Waals surface area contributed by atoms with Crippen molar-refractivity contribution in [2.45, 2.75) is 39.2 Å². The maximum Gasteiger partial charge on any atom is 0.228 e. The quantitative estimate of drug-likeness (QED) is 0.836. The molecule has 0 aliphatic carbocycles. The summed E-state index contributed by atoms with van der Waals surface area (Å²) in [6.07, 6.45) is 1.84. The van der Waals surface area contributed by atoms with Crippen LogP contribution >= 0.6 is 0 Å². The Morgan fingerprint density at radius 1 is 1.19 bits per heavy atom. The van der Waals surface area contributed by atoms with Gasteiger partial charge in [0, 0.05) is 24.3 Å². The highest BCUT2D eigenvalue weighted by Gasteiger charge is 2.26. The minimum Gasteiger partial charge on any atom is -0.326 e. The third-order valence-corrected chi connectivity index (χ3v) is 5.07. The second-order valence-corrected chi connectivity index (χ2v) is 7.40. The van der Waals surface area contributed by atoms with Gasteiger partial charge in [-0.2, -0.15) is 0 Å². The molecule has 1 amide bonds. The molecule has 2 aromatic rings. The van der Waals surface area contributed by atoms with E-state index in [9.17, 15) is 9.18 Å². The van der Waals surface area contributed by atoms with Crippen LogP contribution in [0, 0.1) is 11.7 Å². The Kier molecular flexibility index (Phi) is 6.04. The van der Waals surface area contributed by atoms with Gasteiger partial charge in [0.25, 0.3) is 0 Å². The SMILES string of the molecule is CC(C)c1ccccc1NC(=O)C1CCCN(Cc2ccccc2F)C1. The molecule has 0 saturated carbocycles. The Labute approximate surface area is 155 Å². The fourth-order valence-electron chi connectivity index (χ4n) is 3.63. The number of anilines is 1. The molecule has 1 aliphatic heterocycles. The van der Waals surface area contributed by atoms with Gasteiger partial charge in [-0.1, -0.05) is 50.2 Å². The lowest BCUT2D eigenvalue weighted by Crippen LogP contribution is -2.40. The number of piperidine rings is 1. The van der Waals surface area contributed by atoms with Crippen LogP contribution in [0.15, 0.2) is 48.5 Å². The van der Waals surface area contributed by atoms with E-state index in [0.717, 1.165) is 30.6 Å². The van der Waals surface area contributed by atoms with Crippen LogP contribution in [0.4, 0.5) is 10.1 Å². The lowest BCUT2D eigenvalue weighted by Gasteiger charge is -2.32. The predicted molar refractivity (Wildman–Crippen MR) is 104 cm³/mol. The van der Waals surface area contributed by atoms with Crippen molar-refractivity contribution in [3.63, 3.8) is 0 Å². The monoisotopic (exact) mass is 354 g/mol. The van der Waals surface area contributed by atoms with Gasteiger partial charge in [0.15, 0.2) is 0 Å². The molecule has 0 spiro atoms. The molecule has 26 heavy (non-hydrogen) atoms. The zero-order valence-corrected chi connectivity index (χ0v) is 15.5. The first-order valence-corrected chi connectivity index (χ1v) is 9.40. The van der Waals surface area contributed by atoms with Crippen LogP contribution in [0.25, 0.3) is 0 Å². The van der Waals surface area contributed by atoms with Crippen molar-refractivity contribution >= 4 is 11.6 Å². The van der Waals surface area contributed by atoms with Crippen LogP contribution in [0.3, 0.4) is 0 Å². The molecule has 1 fully saturated rings. The van der Waals surface area contributed by atoms with E-state index in [4.69, 9.17) is 0 Å². The van der Waals surface area contributed by atoms with Crippen LogP contribution < -0.4 is 5.32 Å². The minimum absolute atomic E-state index is 0.0595. The molecule has 3 nitrogen and oxygen atoms in total. The van der Waals surface area contributed by atoms with Gasteiger partial charge in [0.1, 0.15) is 5.82 Å². The molecule has 0 radical (unpaired) electrons. The molecule has 1 atom stereocenters. The number of hydrogen-bond donors (Lipinski definition) is 1. The van der Waals surface area contributed by atoms with Crippen LogP contribution in [0.1, 0.15) is 43.7 Å². The lowest BCUT2D eigenvalue weighted by atomic mass is 9.95. The highest BCUT2D eigenvalue weighted by Crippen LogP contribution is 2.26. The molecule has 0 aromatic heterocycles. The molecule has 138 valence electrons. The van der Waals surface area contributed by atoms with Crippen LogP contribution in [0.5, 0.6) is 0 Å². The summed E-state index contributed by atoms with van der Waals surface area (Å²) in [6, 6.07) is 14.9. The third-order valence-electron chi connectivity index (χ3n) is 5.07. The van der Waals surface area contributed by atoms with Gasteiger partial charge in [-0.25, -0.2) is 4.39 Å². The normalized spacial score (nSPS) is 18.1. The number of likely N-dealkylation sites (tertiary alicyclic amines) is 1. The Morgan fingerprint density at radius 2 is 1.92 bits per heavy atom. The molecule has 1 heterocycles. The molecule has 4 heteroatoms. The number of carbonyl (C=O) groups is 1. The smallest absolute Gasteiger partial charge is 0.228 e. The van der Waals surface area contributed by atoms with E-state index in [-0.39, 0.29) is 17.6 Å². The van der Waals surface area contributed by atoms with Crippen LogP contribution in [0.2, 0.25) is 0 Å². The van der Waals surface area contributed by atoms with Gasteiger partial charge in [-0.3, -0.25) is 9.69 Å². The van der Waals surface area contributed by atoms with E-state index in [1.54, 1.807) is 6.07 Å². The zero-order chi connectivity index (χ0) is 18.5. The molecule has 1 N–H and O–H groups in total. The average Bonchev–Trinajstić information content (AvgIpc) is 2.64. The summed E-state index contributed by atoms with van der Waals surface area (Å²) in [5, 5.41) is 3.12. The number of hydrogen-bond acceptors (Lipinski definition) is 2. The third kappa shape index (κ3) is 4.50. The Morgan fingerprint density at radius 3 is 2.69 bits per heavy atom. The highest BCUT2D eigenvalue weighted by atomic mass is 19.1. The van der Waals surface area contributed by atoms with E-state index in [2.05, 4.69) is 30.1 Å². The van der Waals surface area contributed by atoms with Gasteiger partial charge in [-0.15, -0.1) is 0 Å². The Balaban J connectivity index is 1.64. The number of rotatable bonds is 5. The summed E-state index contributed by atoms with van der Waals surface area (Å²) in [4.78, 5) is 15.0. The summed E-state index contributed by atoms with van der Waals surface area (Å²) >= 11 is 0. The van der Waals surface area contributed by atoms with Gasteiger partial charge in [0.05, 0.1) is 5.92 Å². The van der Waals surface area contributed by atoms with Gasteiger partial charge in [0.2, 0.25) is 5.91 Å².